The topological polar surface area (TPSA) is 132 Å². The molecule has 3 fully saturated rings. The summed E-state index contributed by atoms with van der Waals surface area (Å²) in [6.45, 7) is 3.50. The normalized spacial score (nSPS) is 21.5. The maximum Gasteiger partial charge on any atom is 0.330 e. The maximum absolute atomic E-state index is 13.1. The van der Waals surface area contributed by atoms with Gasteiger partial charge in [-0.3, -0.25) is 23.9 Å². The Morgan fingerprint density at radius 1 is 0.736 bits per heavy atom. The summed E-state index contributed by atoms with van der Waals surface area (Å²) in [5, 5.41) is 5.74. The molecule has 3 N–H and O–H groups in total. The van der Waals surface area contributed by atoms with Gasteiger partial charge in [0.1, 0.15) is 11.8 Å². The van der Waals surface area contributed by atoms with Gasteiger partial charge >= 0.3 is 5.69 Å². The Kier molecular flexibility index (Phi) is 20.3. The molecule has 2 aliphatic carbocycles. The number of hydrogen-bond donors (Lipinski definition) is 3. The Morgan fingerprint density at radius 3 is 1.77 bits per heavy atom. The number of carbonyl (C=O) groups excluding carboxylic acids is 2. The van der Waals surface area contributed by atoms with Crippen LogP contribution in [0.1, 0.15) is 190 Å². The number of aromatic amines is 1. The van der Waals surface area contributed by atoms with Crippen LogP contribution in [0.4, 0.5) is 0 Å². The van der Waals surface area contributed by atoms with Crippen molar-refractivity contribution in [3.8, 4) is 0 Å². The van der Waals surface area contributed by atoms with Gasteiger partial charge in [0.15, 0.2) is 0 Å². The number of carbonyl (C=O) groups is 2. The van der Waals surface area contributed by atoms with Gasteiger partial charge in [-0.05, 0) is 43.4 Å². The summed E-state index contributed by atoms with van der Waals surface area (Å²) >= 11 is 0. The average molecular weight is 743 g/mol. The van der Waals surface area contributed by atoms with Crippen LogP contribution in [0, 0.1) is 23.7 Å². The molecule has 1 aromatic rings. The molecule has 10 heteroatoms. The monoisotopic (exact) mass is 743 g/mol. The standard InChI is InChI=1S/C43H74N4O6/c1-3-4-5-6-7-8-9-10-11-12-13-14-15-16-17-18-19-20-21-26-37(48)44-29-23-30-45-40(49)35-31-47(43(51)46-41(35)50)42-39(34-27-28-34)38(33-24-22-25-33)36(53-42)32-52-2/h31,33-34,36,38-39,42H,3-30,32H2,1-2H3,(H,44,48)(H,45,49)(H,46,50,51). The summed E-state index contributed by atoms with van der Waals surface area (Å²) < 4.78 is 13.4. The van der Waals surface area contributed by atoms with Crippen molar-refractivity contribution in [3.05, 3.63) is 32.6 Å². The van der Waals surface area contributed by atoms with Crippen LogP contribution in [-0.4, -0.2) is 54.3 Å². The van der Waals surface area contributed by atoms with Gasteiger partial charge in [0.25, 0.3) is 11.5 Å². The molecule has 302 valence electrons. The van der Waals surface area contributed by atoms with Crippen LogP contribution < -0.4 is 21.9 Å². The van der Waals surface area contributed by atoms with E-state index < -0.39 is 23.4 Å². The van der Waals surface area contributed by atoms with Gasteiger partial charge in [0.05, 0.1) is 12.7 Å². The fraction of sp³-hybridized carbons (Fsp3) is 0.860. The molecule has 53 heavy (non-hydrogen) atoms. The lowest BCUT2D eigenvalue weighted by atomic mass is 9.68. The van der Waals surface area contributed by atoms with Crippen molar-refractivity contribution >= 4 is 11.8 Å². The summed E-state index contributed by atoms with van der Waals surface area (Å²) in [6.07, 6.45) is 32.9. The second-order valence-corrected chi connectivity index (χ2v) is 16.5. The van der Waals surface area contributed by atoms with E-state index in [2.05, 4.69) is 22.5 Å². The highest BCUT2D eigenvalue weighted by Gasteiger charge is 2.55. The van der Waals surface area contributed by atoms with Crippen molar-refractivity contribution < 1.29 is 19.1 Å². The third kappa shape index (κ3) is 14.9. The molecule has 0 spiro atoms. The SMILES string of the molecule is CCCCCCCCCCCCCCCCCCCCCC(=O)NCCCNC(=O)c1cn(C2OC(COC)C(C3CCC3)C2C2CC2)c(=O)[nH]c1=O. The number of nitrogens with zero attached hydrogens (tertiary/aromatic N) is 1. The number of ether oxygens (including phenoxy) is 2. The summed E-state index contributed by atoms with van der Waals surface area (Å²) in [4.78, 5) is 53.5. The Morgan fingerprint density at radius 2 is 1.26 bits per heavy atom. The second-order valence-electron chi connectivity index (χ2n) is 16.5. The molecule has 0 bridgehead atoms. The largest absolute Gasteiger partial charge is 0.382 e. The minimum atomic E-state index is -0.707. The van der Waals surface area contributed by atoms with Gasteiger partial charge in [0.2, 0.25) is 5.91 Å². The first-order chi connectivity index (χ1) is 25.9. The number of H-pyrrole nitrogens is 1. The molecular formula is C43H74N4O6. The highest BCUT2D eigenvalue weighted by Crippen LogP contribution is 2.57. The van der Waals surface area contributed by atoms with E-state index in [0.717, 1.165) is 25.7 Å². The highest BCUT2D eigenvalue weighted by molar-refractivity contribution is 5.93. The number of rotatable bonds is 30. The van der Waals surface area contributed by atoms with Crippen molar-refractivity contribution in [2.24, 2.45) is 23.7 Å². The van der Waals surface area contributed by atoms with Gasteiger partial charge in [-0.2, -0.15) is 0 Å². The van der Waals surface area contributed by atoms with E-state index in [0.29, 0.717) is 50.3 Å². The summed E-state index contributed by atoms with van der Waals surface area (Å²) in [7, 11) is 1.67. The van der Waals surface area contributed by atoms with Crippen LogP contribution in [0.3, 0.4) is 0 Å². The van der Waals surface area contributed by atoms with Crippen molar-refractivity contribution in [2.75, 3.05) is 26.8 Å². The first kappa shape index (κ1) is 43.3. The molecule has 4 unspecified atom stereocenters. The third-order valence-corrected chi connectivity index (χ3v) is 12.2. The maximum atomic E-state index is 13.1. The molecule has 1 aliphatic heterocycles. The molecule has 0 radical (unpaired) electrons. The number of nitrogens with one attached hydrogen (secondary N) is 3. The number of methoxy groups -OCH3 is 1. The molecule has 2 saturated carbocycles. The summed E-state index contributed by atoms with van der Waals surface area (Å²) in [6, 6.07) is 0. The first-order valence-corrected chi connectivity index (χ1v) is 22.0. The van der Waals surface area contributed by atoms with E-state index in [-0.39, 0.29) is 23.5 Å². The minimum Gasteiger partial charge on any atom is -0.382 e. The average Bonchev–Trinajstić information content (AvgIpc) is 3.90. The molecule has 2 heterocycles. The Bertz CT molecular complexity index is 1300. The van der Waals surface area contributed by atoms with Crippen LogP contribution in [-0.2, 0) is 14.3 Å². The summed E-state index contributed by atoms with van der Waals surface area (Å²) in [5.41, 5.74) is -1.37. The second kappa shape index (κ2) is 24.8. The molecule has 1 saturated heterocycles. The van der Waals surface area contributed by atoms with E-state index in [1.54, 1.807) is 7.11 Å². The van der Waals surface area contributed by atoms with Gasteiger partial charge in [-0.25, -0.2) is 4.79 Å². The van der Waals surface area contributed by atoms with Gasteiger partial charge < -0.3 is 20.1 Å². The van der Waals surface area contributed by atoms with Gasteiger partial charge in [-0.15, -0.1) is 0 Å². The molecule has 2 amide bonds. The first-order valence-electron chi connectivity index (χ1n) is 22.0. The smallest absolute Gasteiger partial charge is 0.330 e. The van der Waals surface area contributed by atoms with E-state index >= 15 is 0 Å². The van der Waals surface area contributed by atoms with Crippen LogP contribution in [0.25, 0.3) is 0 Å². The molecule has 4 rings (SSSR count). The van der Waals surface area contributed by atoms with Gasteiger partial charge in [-0.1, -0.05) is 142 Å². The fourth-order valence-electron chi connectivity index (χ4n) is 8.74. The fourth-order valence-corrected chi connectivity index (χ4v) is 8.74. The van der Waals surface area contributed by atoms with Crippen molar-refractivity contribution in [1.82, 2.24) is 20.2 Å². The zero-order valence-corrected chi connectivity index (χ0v) is 33.4. The van der Waals surface area contributed by atoms with Crippen LogP contribution >= 0.6 is 0 Å². The lowest BCUT2D eigenvalue weighted by Crippen LogP contribution is -2.40. The van der Waals surface area contributed by atoms with E-state index in [1.165, 1.54) is 139 Å². The van der Waals surface area contributed by atoms with Crippen LogP contribution in [0.5, 0.6) is 0 Å². The molecule has 4 atom stereocenters. The molecule has 1 aromatic heterocycles. The molecule has 0 aromatic carbocycles. The predicted molar refractivity (Wildman–Crippen MR) is 212 cm³/mol. The highest BCUT2D eigenvalue weighted by atomic mass is 16.5. The zero-order chi connectivity index (χ0) is 37.7. The van der Waals surface area contributed by atoms with Crippen LogP contribution in [0.2, 0.25) is 0 Å². The number of amides is 2. The van der Waals surface area contributed by atoms with E-state index in [9.17, 15) is 19.2 Å². The minimum absolute atomic E-state index is 0.0422. The van der Waals surface area contributed by atoms with E-state index in [1.807, 2.05) is 0 Å². The van der Waals surface area contributed by atoms with Crippen molar-refractivity contribution in [3.63, 3.8) is 0 Å². The summed E-state index contributed by atoms with van der Waals surface area (Å²) in [5.74, 6) is 0.993. The quantitative estimate of drug-likeness (QED) is 0.0677. The lowest BCUT2D eigenvalue weighted by molar-refractivity contribution is -0.121. The third-order valence-electron chi connectivity index (χ3n) is 12.2. The Labute approximate surface area is 319 Å². The molecular weight excluding hydrogens is 668 g/mol. The van der Waals surface area contributed by atoms with Crippen LogP contribution in [0.15, 0.2) is 15.8 Å². The molecule has 10 nitrogen and oxygen atoms in total. The zero-order valence-electron chi connectivity index (χ0n) is 33.4. The van der Waals surface area contributed by atoms with Crippen molar-refractivity contribution in [1.29, 1.82) is 0 Å². The van der Waals surface area contributed by atoms with Crippen molar-refractivity contribution in [2.45, 2.75) is 186 Å². The Hall–Kier alpha value is -2.46. The predicted octanol–water partition coefficient (Wildman–Crippen LogP) is 8.58. The Balaban J connectivity index is 1.02. The number of aromatic nitrogens is 2. The lowest BCUT2D eigenvalue weighted by Gasteiger charge is -2.37. The molecule has 3 aliphatic rings. The van der Waals surface area contributed by atoms with Gasteiger partial charge in [0, 0.05) is 38.7 Å². The number of hydrogen-bond acceptors (Lipinski definition) is 6. The van der Waals surface area contributed by atoms with E-state index in [4.69, 9.17) is 9.47 Å². The number of unbranched alkanes of at least 4 members (excludes halogenated alkanes) is 18.